The molecular weight excluding hydrogens is 188 g/mol. The lowest BCUT2D eigenvalue weighted by molar-refractivity contribution is -0.134. The Morgan fingerprint density at radius 3 is 2.53 bits per heavy atom. The summed E-state index contributed by atoms with van der Waals surface area (Å²) in [6.07, 6.45) is 4.18. The summed E-state index contributed by atoms with van der Waals surface area (Å²) in [6, 6.07) is 0.420. The molecule has 2 atom stereocenters. The maximum absolute atomic E-state index is 12.2. The molecule has 3 heteroatoms. The zero-order chi connectivity index (χ0) is 11.5. The van der Waals surface area contributed by atoms with Gasteiger partial charge in [-0.05, 0) is 26.2 Å². The van der Waals surface area contributed by atoms with Crippen LogP contribution < -0.4 is 5.32 Å². The van der Waals surface area contributed by atoms with Gasteiger partial charge in [0.05, 0.1) is 12.2 Å². The van der Waals surface area contributed by atoms with E-state index in [-0.39, 0.29) is 11.4 Å². The number of hydrogen-bond acceptors (Lipinski definition) is 2. The highest BCUT2D eigenvalue weighted by Crippen LogP contribution is 2.23. The van der Waals surface area contributed by atoms with Crippen molar-refractivity contribution in [1.82, 2.24) is 10.2 Å². The fourth-order valence-electron chi connectivity index (χ4n) is 2.21. The van der Waals surface area contributed by atoms with Crippen molar-refractivity contribution in [2.24, 2.45) is 0 Å². The molecule has 1 N–H and O–H groups in total. The number of nitrogens with zero attached hydrogens (tertiary/aromatic N) is 1. The summed E-state index contributed by atoms with van der Waals surface area (Å²) in [4.78, 5) is 14.2. The van der Waals surface area contributed by atoms with Crippen molar-refractivity contribution in [3.8, 4) is 0 Å². The molecule has 1 heterocycles. The van der Waals surface area contributed by atoms with Crippen LogP contribution in [0, 0.1) is 0 Å². The Balaban J connectivity index is 2.69. The van der Waals surface area contributed by atoms with Gasteiger partial charge in [-0.2, -0.15) is 0 Å². The Hall–Kier alpha value is -0.570. The third-order valence-electron chi connectivity index (χ3n) is 3.61. The first-order chi connectivity index (χ1) is 7.09. The van der Waals surface area contributed by atoms with E-state index in [1.165, 1.54) is 0 Å². The van der Waals surface area contributed by atoms with Gasteiger partial charge in [-0.25, -0.2) is 0 Å². The normalized spacial score (nSPS) is 28.5. The van der Waals surface area contributed by atoms with Crippen LogP contribution in [-0.4, -0.2) is 29.1 Å². The molecule has 1 rings (SSSR count). The summed E-state index contributed by atoms with van der Waals surface area (Å²) in [5, 5.41) is 3.33. The molecule has 0 aromatic rings. The highest BCUT2D eigenvalue weighted by Gasteiger charge is 2.42. The van der Waals surface area contributed by atoms with E-state index in [1.807, 2.05) is 11.8 Å². The Labute approximate surface area is 93.2 Å². The van der Waals surface area contributed by atoms with E-state index < -0.39 is 0 Å². The molecule has 1 aliphatic rings. The van der Waals surface area contributed by atoms with Crippen LogP contribution in [0.25, 0.3) is 0 Å². The van der Waals surface area contributed by atoms with Gasteiger partial charge in [0.25, 0.3) is 0 Å². The van der Waals surface area contributed by atoms with E-state index >= 15 is 0 Å². The molecule has 1 amide bonds. The van der Waals surface area contributed by atoms with Crippen LogP contribution in [0.15, 0.2) is 0 Å². The van der Waals surface area contributed by atoms with E-state index in [9.17, 15) is 4.79 Å². The average molecular weight is 212 g/mol. The fourth-order valence-corrected chi connectivity index (χ4v) is 2.21. The molecule has 0 aromatic carbocycles. The first-order valence-electron chi connectivity index (χ1n) is 6.15. The Bertz CT molecular complexity index is 230. The topological polar surface area (TPSA) is 32.3 Å². The van der Waals surface area contributed by atoms with Gasteiger partial charge < -0.3 is 4.90 Å². The first-order valence-corrected chi connectivity index (χ1v) is 6.15. The zero-order valence-corrected chi connectivity index (χ0v) is 10.5. The van der Waals surface area contributed by atoms with E-state index in [2.05, 4.69) is 26.1 Å². The molecule has 0 bridgehead atoms. The predicted molar refractivity (Wildman–Crippen MR) is 62.5 cm³/mol. The zero-order valence-electron chi connectivity index (χ0n) is 10.5. The number of carbonyl (C=O) groups is 1. The Morgan fingerprint density at radius 1 is 1.47 bits per heavy atom. The summed E-state index contributed by atoms with van der Waals surface area (Å²) < 4.78 is 0. The maximum atomic E-state index is 12.2. The molecule has 1 aliphatic heterocycles. The number of carbonyl (C=O) groups excluding carboxylic acids is 1. The molecule has 1 saturated heterocycles. The van der Waals surface area contributed by atoms with Crippen LogP contribution >= 0.6 is 0 Å². The predicted octanol–water partition coefficient (Wildman–Crippen LogP) is 2.12. The van der Waals surface area contributed by atoms with Gasteiger partial charge in [0.2, 0.25) is 5.91 Å². The van der Waals surface area contributed by atoms with Gasteiger partial charge in [0.15, 0.2) is 0 Å². The maximum Gasteiger partial charge on any atom is 0.243 e. The molecule has 15 heavy (non-hydrogen) atoms. The van der Waals surface area contributed by atoms with Crippen molar-refractivity contribution in [3.05, 3.63) is 0 Å². The molecule has 0 aromatic heterocycles. The summed E-state index contributed by atoms with van der Waals surface area (Å²) in [5.41, 5.74) is -0.318. The second-order valence-electron chi connectivity index (χ2n) is 4.65. The van der Waals surface area contributed by atoms with Crippen molar-refractivity contribution in [1.29, 1.82) is 0 Å². The Morgan fingerprint density at radius 2 is 2.13 bits per heavy atom. The smallest absolute Gasteiger partial charge is 0.243 e. The fraction of sp³-hybridized carbons (Fsp3) is 0.917. The third kappa shape index (κ3) is 2.33. The van der Waals surface area contributed by atoms with Crippen molar-refractivity contribution >= 4 is 5.91 Å². The van der Waals surface area contributed by atoms with Crippen LogP contribution in [0.1, 0.15) is 53.4 Å². The molecule has 0 radical (unpaired) electrons. The second kappa shape index (κ2) is 4.97. The van der Waals surface area contributed by atoms with E-state index in [1.54, 1.807) is 0 Å². The largest absolute Gasteiger partial charge is 0.325 e. The van der Waals surface area contributed by atoms with Gasteiger partial charge in [-0.3, -0.25) is 10.1 Å². The molecule has 1 fully saturated rings. The van der Waals surface area contributed by atoms with Gasteiger partial charge in [-0.15, -0.1) is 0 Å². The first kappa shape index (κ1) is 12.5. The van der Waals surface area contributed by atoms with Crippen LogP contribution in [-0.2, 0) is 4.79 Å². The van der Waals surface area contributed by atoms with Gasteiger partial charge in [0, 0.05) is 6.04 Å². The summed E-state index contributed by atoms with van der Waals surface area (Å²) >= 11 is 0. The van der Waals surface area contributed by atoms with Crippen LogP contribution in [0.2, 0.25) is 0 Å². The van der Waals surface area contributed by atoms with E-state index in [4.69, 9.17) is 0 Å². The lowest BCUT2D eigenvalue weighted by Gasteiger charge is -2.27. The highest BCUT2D eigenvalue weighted by atomic mass is 16.2. The summed E-state index contributed by atoms with van der Waals surface area (Å²) in [5.74, 6) is 0.283. The molecule has 0 spiro atoms. The average Bonchev–Trinajstić information content (AvgIpc) is 2.54. The van der Waals surface area contributed by atoms with Crippen LogP contribution in [0.5, 0.6) is 0 Å². The van der Waals surface area contributed by atoms with Crippen molar-refractivity contribution < 1.29 is 4.79 Å². The molecule has 88 valence electrons. The molecular formula is C12H24N2O. The lowest BCUT2D eigenvalue weighted by atomic mass is 9.98. The number of hydrogen-bond donors (Lipinski definition) is 1. The molecule has 0 saturated carbocycles. The third-order valence-corrected chi connectivity index (χ3v) is 3.61. The van der Waals surface area contributed by atoms with E-state index in [0.29, 0.717) is 6.04 Å². The Kier molecular flexibility index (Phi) is 4.14. The molecule has 2 unspecified atom stereocenters. The highest BCUT2D eigenvalue weighted by molar-refractivity contribution is 5.88. The van der Waals surface area contributed by atoms with Gasteiger partial charge in [0.1, 0.15) is 0 Å². The van der Waals surface area contributed by atoms with Crippen LogP contribution in [0.3, 0.4) is 0 Å². The summed E-state index contributed by atoms with van der Waals surface area (Å²) in [7, 11) is 0. The van der Waals surface area contributed by atoms with Gasteiger partial charge >= 0.3 is 0 Å². The van der Waals surface area contributed by atoms with Gasteiger partial charge in [-0.1, -0.05) is 27.2 Å². The summed E-state index contributed by atoms with van der Waals surface area (Å²) in [6.45, 7) is 9.13. The number of amides is 1. The number of rotatable bonds is 5. The monoisotopic (exact) mass is 212 g/mol. The van der Waals surface area contributed by atoms with Crippen molar-refractivity contribution in [2.75, 3.05) is 6.67 Å². The van der Waals surface area contributed by atoms with Crippen LogP contribution in [0.4, 0.5) is 0 Å². The minimum atomic E-state index is -0.318. The van der Waals surface area contributed by atoms with Crippen molar-refractivity contribution in [2.45, 2.75) is 65.0 Å². The standard InChI is InChI=1S/C12H24N2O/c1-5-8-10(6-2)14-9-13-12(4,7-3)11(14)15/h10,13H,5-9H2,1-4H3. The number of nitrogens with one attached hydrogen (secondary N) is 1. The molecule has 0 aliphatic carbocycles. The quantitative estimate of drug-likeness (QED) is 0.757. The lowest BCUT2D eigenvalue weighted by Crippen LogP contribution is -2.44. The SMILES string of the molecule is CCCC(CC)N1CNC(C)(CC)C1=O. The minimum Gasteiger partial charge on any atom is -0.325 e. The molecule has 3 nitrogen and oxygen atoms in total. The second-order valence-corrected chi connectivity index (χ2v) is 4.65. The van der Waals surface area contributed by atoms with E-state index in [0.717, 1.165) is 32.4 Å². The van der Waals surface area contributed by atoms with Crippen molar-refractivity contribution in [3.63, 3.8) is 0 Å². The minimum absolute atomic E-state index is 0.283.